The lowest BCUT2D eigenvalue weighted by Crippen LogP contribution is -2.58. The average Bonchev–Trinajstić information content (AvgIpc) is 1.94. The van der Waals surface area contributed by atoms with Crippen LogP contribution in [0.25, 0.3) is 0 Å². The molecule has 5 nitrogen and oxygen atoms in total. The molecule has 1 aromatic rings. The van der Waals surface area contributed by atoms with E-state index in [4.69, 9.17) is 18.6 Å². The summed E-state index contributed by atoms with van der Waals surface area (Å²) < 4.78 is 32.7. The van der Waals surface area contributed by atoms with Gasteiger partial charge in [0.25, 0.3) is 0 Å². The Balaban J connectivity index is 0.000000292. The second-order valence-electron chi connectivity index (χ2n) is 2.75. The highest BCUT2D eigenvalue weighted by molar-refractivity contribution is 5.19. The van der Waals surface area contributed by atoms with Crippen LogP contribution < -0.4 is 14.0 Å². The highest BCUT2D eigenvalue weighted by Crippen LogP contribution is 2.02. The van der Waals surface area contributed by atoms with Crippen LogP contribution in [0.1, 0.15) is 17.0 Å². The van der Waals surface area contributed by atoms with Gasteiger partial charge in [-0.05, 0) is 32.4 Å². The van der Waals surface area contributed by atoms with E-state index in [1.54, 1.807) is 0 Å². The number of rotatable bonds is 0. The number of pyridine rings is 1. The zero-order valence-electron chi connectivity index (χ0n) is 8.15. The van der Waals surface area contributed by atoms with Crippen molar-refractivity contribution in [1.29, 1.82) is 0 Å². The number of nitrogens with zero attached hydrogens (tertiary/aromatic N) is 1. The Labute approximate surface area is 84.4 Å². The van der Waals surface area contributed by atoms with Gasteiger partial charge in [0, 0.05) is 11.4 Å². The Kier molecular flexibility index (Phi) is 4.96. The number of aryl methyl sites for hydroxylation is 3. The van der Waals surface area contributed by atoms with Crippen LogP contribution in [0.3, 0.4) is 0 Å². The first kappa shape index (κ1) is 13.3. The smallest absolute Gasteiger partial charge is 0.0777 e. The van der Waals surface area contributed by atoms with Crippen LogP contribution in [0.4, 0.5) is 0 Å². The maximum atomic E-state index is 8.60. The molecule has 0 spiro atoms. The van der Waals surface area contributed by atoms with E-state index in [1.165, 1.54) is 5.56 Å². The zero-order valence-corrected chi connectivity index (χ0v) is 8.91. The monoisotopic (exact) mass is 221 g/mol. The van der Waals surface area contributed by atoms with Crippen LogP contribution in [0.2, 0.25) is 0 Å². The molecule has 0 bridgehead atoms. The second-order valence-corrected chi connectivity index (χ2v) is 3.54. The molecule has 1 aromatic heterocycles. The quantitative estimate of drug-likeness (QED) is 0.540. The van der Waals surface area contributed by atoms with Gasteiger partial charge in [0.2, 0.25) is 0 Å². The minimum absolute atomic E-state index is 1.10. The molecule has 1 N–H and O–H groups in total. The largest absolute Gasteiger partial charge is 0.258 e. The van der Waals surface area contributed by atoms with E-state index in [1.807, 2.05) is 19.9 Å². The molecule has 14 heavy (non-hydrogen) atoms. The molecule has 0 aromatic carbocycles. The molecule has 0 saturated carbocycles. The Morgan fingerprint density at radius 1 is 1.14 bits per heavy atom. The molecule has 1 heterocycles. The summed E-state index contributed by atoms with van der Waals surface area (Å²) in [6, 6.07) is 4.12. The van der Waals surface area contributed by atoms with Crippen molar-refractivity contribution in [2.75, 3.05) is 0 Å². The molecule has 0 aliphatic rings. The zero-order chi connectivity index (χ0) is 11.4. The molecule has 0 amide bonds. The van der Waals surface area contributed by atoms with Crippen LogP contribution in [-0.2, 0) is 0 Å². The van der Waals surface area contributed by atoms with E-state index in [0.717, 1.165) is 11.4 Å². The molecule has 0 saturated heterocycles. The topological polar surface area (TPSA) is 102 Å². The number of aromatic nitrogens is 1. The fourth-order valence-electron chi connectivity index (χ4n) is 0.756. The van der Waals surface area contributed by atoms with Gasteiger partial charge in [-0.3, -0.25) is 4.98 Å². The highest BCUT2D eigenvalue weighted by atomic mass is 35.7. The van der Waals surface area contributed by atoms with Gasteiger partial charge < -0.3 is 0 Å². The average molecular weight is 222 g/mol. The van der Waals surface area contributed by atoms with Crippen LogP contribution in [0.15, 0.2) is 12.1 Å². The second kappa shape index (κ2) is 5.23. The van der Waals surface area contributed by atoms with Gasteiger partial charge in [0.15, 0.2) is 0 Å². The van der Waals surface area contributed by atoms with Gasteiger partial charge in [0.1, 0.15) is 0 Å². The molecule has 6 heteroatoms. The van der Waals surface area contributed by atoms with Crippen molar-refractivity contribution < 1.29 is 28.9 Å². The predicted octanol–water partition coefficient (Wildman–Crippen LogP) is -2.12. The molecule has 0 fully saturated rings. The van der Waals surface area contributed by atoms with Gasteiger partial charge >= 0.3 is 0 Å². The molecule has 80 valence electrons. The first-order chi connectivity index (χ1) is 6.20. The summed E-state index contributed by atoms with van der Waals surface area (Å²) in [4.78, 5) is 4.27. The molecule has 0 atom stereocenters. The lowest BCUT2D eigenvalue weighted by Gasteiger charge is -2.03. The molecule has 1 rings (SSSR count). The lowest BCUT2D eigenvalue weighted by atomic mass is 10.2. The molecule has 0 aliphatic carbocycles. The summed E-state index contributed by atoms with van der Waals surface area (Å²) in [6.45, 7) is 6.11. The maximum Gasteiger partial charge on any atom is 0.0777 e. The summed E-state index contributed by atoms with van der Waals surface area (Å²) in [7, 11) is -4.69. The SMILES string of the molecule is Cc1ccc(C)c(C)n1.[O-][Cl+3]([O-])([O-])O. The number of halogens is 1. The number of hydrogen-bond acceptors (Lipinski definition) is 5. The van der Waals surface area contributed by atoms with Crippen LogP contribution in [0.5, 0.6) is 0 Å². The van der Waals surface area contributed by atoms with Gasteiger partial charge in [-0.25, -0.2) is 0 Å². The van der Waals surface area contributed by atoms with Crippen LogP contribution in [-0.4, -0.2) is 9.64 Å². The Morgan fingerprint density at radius 3 is 1.86 bits per heavy atom. The standard InChI is InChI=1S/C8H11N.ClHO4/c1-6-4-5-7(2)9-8(6)3;2-1(3,4)5/h4-5H,1-3H3;(H,2,3,4,5). The minimum Gasteiger partial charge on any atom is -0.258 e. The summed E-state index contributed by atoms with van der Waals surface area (Å²) in [5, 5.41) is 0. The van der Waals surface area contributed by atoms with Crippen molar-refractivity contribution in [2.24, 2.45) is 0 Å². The van der Waals surface area contributed by atoms with E-state index < -0.39 is 10.2 Å². The third-order valence-electron chi connectivity index (χ3n) is 1.49. The van der Waals surface area contributed by atoms with Crippen LogP contribution in [0, 0.1) is 31.0 Å². The highest BCUT2D eigenvalue weighted by Gasteiger charge is 1.98. The van der Waals surface area contributed by atoms with Gasteiger partial charge in [-0.15, -0.1) is 0 Å². The fraction of sp³-hybridized carbons (Fsp3) is 0.375. The Morgan fingerprint density at radius 2 is 1.57 bits per heavy atom. The van der Waals surface area contributed by atoms with E-state index in [2.05, 4.69) is 18.0 Å². The van der Waals surface area contributed by atoms with Crippen molar-refractivity contribution in [3.05, 3.63) is 29.1 Å². The molecular formula is C8H12ClNO4. The normalized spacial score (nSPS) is 10.5. The minimum atomic E-state index is -4.69. The molecular weight excluding hydrogens is 210 g/mol. The van der Waals surface area contributed by atoms with Crippen molar-refractivity contribution >= 4 is 0 Å². The van der Waals surface area contributed by atoms with Crippen LogP contribution >= 0.6 is 0 Å². The van der Waals surface area contributed by atoms with E-state index >= 15 is 0 Å². The van der Waals surface area contributed by atoms with Gasteiger partial charge in [-0.2, -0.15) is 14.0 Å². The lowest BCUT2D eigenvalue weighted by molar-refractivity contribution is -1.92. The summed E-state index contributed by atoms with van der Waals surface area (Å²) in [5.74, 6) is 0. The van der Waals surface area contributed by atoms with E-state index in [-0.39, 0.29) is 0 Å². The summed E-state index contributed by atoms with van der Waals surface area (Å²) in [5.41, 5.74) is 3.49. The molecule has 0 unspecified atom stereocenters. The van der Waals surface area contributed by atoms with Crippen molar-refractivity contribution in [3.8, 4) is 0 Å². The number of hydrogen-bond donors (Lipinski definition) is 1. The van der Waals surface area contributed by atoms with E-state index in [9.17, 15) is 0 Å². The summed E-state index contributed by atoms with van der Waals surface area (Å²) in [6.07, 6.45) is 0. The van der Waals surface area contributed by atoms with E-state index in [0.29, 0.717) is 0 Å². The van der Waals surface area contributed by atoms with Gasteiger partial charge in [0.05, 0.1) is 14.9 Å². The first-order valence-electron chi connectivity index (χ1n) is 3.74. The predicted molar refractivity (Wildman–Crippen MR) is 40.7 cm³/mol. The third kappa shape index (κ3) is 7.90. The Bertz CT molecular complexity index is 292. The molecule has 0 radical (unpaired) electrons. The van der Waals surface area contributed by atoms with Crippen molar-refractivity contribution in [1.82, 2.24) is 4.98 Å². The summed E-state index contributed by atoms with van der Waals surface area (Å²) >= 11 is 0. The van der Waals surface area contributed by atoms with Crippen molar-refractivity contribution in [3.63, 3.8) is 0 Å². The fourth-order valence-corrected chi connectivity index (χ4v) is 0.756. The molecule has 0 aliphatic heterocycles. The van der Waals surface area contributed by atoms with Crippen molar-refractivity contribution in [2.45, 2.75) is 20.8 Å². The third-order valence-corrected chi connectivity index (χ3v) is 1.49. The van der Waals surface area contributed by atoms with Gasteiger partial charge in [-0.1, -0.05) is 6.07 Å². The first-order valence-corrected chi connectivity index (χ1v) is 5.00. The maximum absolute atomic E-state index is 8.60. The Hall–Kier alpha value is -0.720.